The van der Waals surface area contributed by atoms with Gasteiger partial charge in [-0.3, -0.25) is 4.79 Å². The van der Waals surface area contributed by atoms with E-state index in [-0.39, 0.29) is 30.4 Å². The van der Waals surface area contributed by atoms with Gasteiger partial charge in [0.25, 0.3) is 5.91 Å². The molecule has 3 rings (SSSR count). The zero-order valence-corrected chi connectivity index (χ0v) is 12.6. The Morgan fingerprint density at radius 3 is 2.86 bits per heavy atom. The minimum atomic E-state index is -3.26. The van der Waals surface area contributed by atoms with Crippen LogP contribution < -0.4 is 0 Å². The Morgan fingerprint density at radius 1 is 1.38 bits per heavy atom. The SMILES string of the molecule is CS(=O)(=O)N1CC[C@@H]2OCCN(C(=O)c3ccco3)[C@H]2C1. The number of piperidine rings is 1. The summed E-state index contributed by atoms with van der Waals surface area (Å²) in [7, 11) is -3.26. The first-order valence-electron chi connectivity index (χ1n) is 6.88. The van der Waals surface area contributed by atoms with Gasteiger partial charge >= 0.3 is 0 Å². The van der Waals surface area contributed by atoms with Crippen LogP contribution in [0.15, 0.2) is 22.8 Å². The highest BCUT2D eigenvalue weighted by Crippen LogP contribution is 2.25. The molecule has 0 radical (unpaired) electrons. The van der Waals surface area contributed by atoms with Gasteiger partial charge in [-0.25, -0.2) is 8.42 Å². The first kappa shape index (κ1) is 14.6. The number of carbonyl (C=O) groups excluding carboxylic acids is 1. The quantitative estimate of drug-likeness (QED) is 0.776. The van der Waals surface area contributed by atoms with Gasteiger partial charge in [0.2, 0.25) is 10.0 Å². The first-order chi connectivity index (χ1) is 9.97. The van der Waals surface area contributed by atoms with Gasteiger partial charge in [-0.2, -0.15) is 4.31 Å². The highest BCUT2D eigenvalue weighted by Gasteiger charge is 2.42. The fourth-order valence-corrected chi connectivity index (χ4v) is 3.80. The van der Waals surface area contributed by atoms with Crippen molar-refractivity contribution in [1.29, 1.82) is 0 Å². The monoisotopic (exact) mass is 314 g/mol. The Kier molecular flexibility index (Phi) is 3.76. The maximum Gasteiger partial charge on any atom is 0.290 e. The Bertz CT molecular complexity index is 613. The lowest BCUT2D eigenvalue weighted by molar-refractivity contribution is -0.0808. The van der Waals surface area contributed by atoms with Crippen LogP contribution in [0.3, 0.4) is 0 Å². The van der Waals surface area contributed by atoms with Gasteiger partial charge in [0, 0.05) is 19.6 Å². The fraction of sp³-hybridized carbons (Fsp3) is 0.615. The lowest BCUT2D eigenvalue weighted by Gasteiger charge is -2.46. The van der Waals surface area contributed by atoms with Crippen LogP contribution in [-0.4, -0.2) is 68.2 Å². The second kappa shape index (κ2) is 5.43. The fourth-order valence-electron chi connectivity index (χ4n) is 2.94. The van der Waals surface area contributed by atoms with Crippen LogP contribution in [-0.2, 0) is 14.8 Å². The number of hydrogen-bond donors (Lipinski definition) is 0. The zero-order chi connectivity index (χ0) is 15.0. The molecular formula is C13H18N2O5S. The molecule has 1 aromatic heterocycles. The number of morpholine rings is 1. The molecule has 0 N–H and O–H groups in total. The third-order valence-electron chi connectivity index (χ3n) is 4.01. The van der Waals surface area contributed by atoms with Crippen molar-refractivity contribution in [3.05, 3.63) is 24.2 Å². The maximum atomic E-state index is 12.5. The van der Waals surface area contributed by atoms with E-state index < -0.39 is 10.0 Å². The molecule has 0 aromatic carbocycles. The molecule has 2 fully saturated rings. The van der Waals surface area contributed by atoms with Crippen LogP contribution in [0.1, 0.15) is 17.0 Å². The van der Waals surface area contributed by atoms with Gasteiger partial charge in [0.15, 0.2) is 5.76 Å². The lowest BCUT2D eigenvalue weighted by atomic mass is 10.00. The number of fused-ring (bicyclic) bond motifs is 1. The minimum absolute atomic E-state index is 0.115. The third-order valence-corrected chi connectivity index (χ3v) is 5.28. The largest absolute Gasteiger partial charge is 0.459 e. The normalized spacial score (nSPS) is 27.4. The van der Waals surface area contributed by atoms with Crippen LogP contribution in [0.5, 0.6) is 0 Å². The average Bonchev–Trinajstić information content (AvgIpc) is 2.98. The molecule has 3 heterocycles. The molecule has 0 bridgehead atoms. The molecule has 116 valence electrons. The first-order valence-corrected chi connectivity index (χ1v) is 8.73. The summed E-state index contributed by atoms with van der Waals surface area (Å²) in [5.41, 5.74) is 0. The van der Waals surface area contributed by atoms with Gasteiger partial charge in [-0.1, -0.05) is 0 Å². The molecule has 21 heavy (non-hydrogen) atoms. The summed E-state index contributed by atoms with van der Waals surface area (Å²) >= 11 is 0. The van der Waals surface area contributed by atoms with E-state index in [1.165, 1.54) is 16.8 Å². The standard InChI is InChI=1S/C13H18N2O5S/c1-21(17,18)14-5-4-11-10(9-14)15(6-8-20-11)13(16)12-3-2-7-19-12/h2-3,7,10-11H,4-6,8-9H2,1H3/t10-,11-/m0/s1. The Hall–Kier alpha value is -1.38. The predicted molar refractivity (Wildman–Crippen MR) is 74.3 cm³/mol. The molecule has 2 aliphatic rings. The van der Waals surface area contributed by atoms with E-state index >= 15 is 0 Å². The zero-order valence-electron chi connectivity index (χ0n) is 11.8. The smallest absolute Gasteiger partial charge is 0.290 e. The van der Waals surface area contributed by atoms with Crippen molar-refractivity contribution >= 4 is 15.9 Å². The summed E-state index contributed by atoms with van der Waals surface area (Å²) in [5.74, 6) is 0.0563. The Labute approximate surface area is 123 Å². The van der Waals surface area contributed by atoms with E-state index in [0.29, 0.717) is 26.1 Å². The molecule has 8 heteroatoms. The van der Waals surface area contributed by atoms with Crippen molar-refractivity contribution in [2.75, 3.05) is 32.5 Å². The molecule has 0 aliphatic carbocycles. The second-order valence-electron chi connectivity index (χ2n) is 5.36. The summed E-state index contributed by atoms with van der Waals surface area (Å²) in [6.45, 7) is 1.61. The lowest BCUT2D eigenvalue weighted by Crippen LogP contribution is -2.61. The van der Waals surface area contributed by atoms with Crippen LogP contribution in [0.4, 0.5) is 0 Å². The third kappa shape index (κ3) is 2.83. The van der Waals surface area contributed by atoms with Crippen molar-refractivity contribution < 1.29 is 22.4 Å². The van der Waals surface area contributed by atoms with Gasteiger partial charge in [0.05, 0.1) is 31.3 Å². The molecular weight excluding hydrogens is 296 g/mol. The van der Waals surface area contributed by atoms with Crippen molar-refractivity contribution in [2.45, 2.75) is 18.6 Å². The van der Waals surface area contributed by atoms with E-state index in [9.17, 15) is 13.2 Å². The predicted octanol–water partition coefficient (Wildman–Crippen LogP) is 0.154. The minimum Gasteiger partial charge on any atom is -0.459 e. The van der Waals surface area contributed by atoms with Crippen molar-refractivity contribution in [1.82, 2.24) is 9.21 Å². The van der Waals surface area contributed by atoms with E-state index in [1.54, 1.807) is 17.0 Å². The van der Waals surface area contributed by atoms with E-state index in [4.69, 9.17) is 9.15 Å². The van der Waals surface area contributed by atoms with E-state index in [1.807, 2.05) is 0 Å². The topological polar surface area (TPSA) is 80.1 Å². The van der Waals surface area contributed by atoms with Gasteiger partial charge < -0.3 is 14.1 Å². The molecule has 0 spiro atoms. The summed E-state index contributed by atoms with van der Waals surface area (Å²) in [4.78, 5) is 14.2. The highest BCUT2D eigenvalue weighted by molar-refractivity contribution is 7.88. The number of nitrogens with zero attached hydrogens (tertiary/aromatic N) is 2. The molecule has 1 amide bonds. The van der Waals surface area contributed by atoms with Gasteiger partial charge in [-0.05, 0) is 18.6 Å². The maximum absolute atomic E-state index is 12.5. The van der Waals surface area contributed by atoms with E-state index in [0.717, 1.165) is 0 Å². The number of rotatable bonds is 2. The van der Waals surface area contributed by atoms with Crippen LogP contribution >= 0.6 is 0 Å². The molecule has 2 aliphatic heterocycles. The number of carbonyl (C=O) groups is 1. The van der Waals surface area contributed by atoms with Crippen LogP contribution in [0, 0.1) is 0 Å². The number of furan rings is 1. The van der Waals surface area contributed by atoms with Gasteiger partial charge in [-0.15, -0.1) is 0 Å². The summed E-state index contributed by atoms with van der Waals surface area (Å²) in [5, 5.41) is 0. The molecule has 0 unspecified atom stereocenters. The number of sulfonamides is 1. The van der Waals surface area contributed by atoms with Crippen LogP contribution in [0.2, 0.25) is 0 Å². The molecule has 1 aromatic rings. The van der Waals surface area contributed by atoms with Crippen molar-refractivity contribution in [3.63, 3.8) is 0 Å². The van der Waals surface area contributed by atoms with Crippen molar-refractivity contribution in [3.8, 4) is 0 Å². The van der Waals surface area contributed by atoms with E-state index in [2.05, 4.69) is 0 Å². The second-order valence-corrected chi connectivity index (χ2v) is 7.34. The highest BCUT2D eigenvalue weighted by atomic mass is 32.2. The molecule has 2 saturated heterocycles. The number of ether oxygens (including phenoxy) is 1. The van der Waals surface area contributed by atoms with Gasteiger partial charge in [0.1, 0.15) is 0 Å². The van der Waals surface area contributed by atoms with Crippen LogP contribution in [0.25, 0.3) is 0 Å². The Morgan fingerprint density at radius 2 is 2.19 bits per heavy atom. The average molecular weight is 314 g/mol. The summed E-state index contributed by atoms with van der Waals surface area (Å²) < 4.78 is 35.7. The Balaban J connectivity index is 1.82. The molecule has 2 atom stereocenters. The number of hydrogen-bond acceptors (Lipinski definition) is 5. The molecule has 0 saturated carbocycles. The molecule has 7 nitrogen and oxygen atoms in total. The van der Waals surface area contributed by atoms with Crippen molar-refractivity contribution in [2.24, 2.45) is 0 Å². The number of amides is 1. The summed E-state index contributed by atoms with van der Waals surface area (Å²) in [6, 6.07) is 3.01. The summed E-state index contributed by atoms with van der Waals surface area (Å²) in [6.07, 6.45) is 3.13.